The molecule has 1 aliphatic heterocycles. The van der Waals surface area contributed by atoms with Gasteiger partial charge in [0, 0.05) is 13.1 Å². The predicted molar refractivity (Wildman–Crippen MR) is 126 cm³/mol. The molecule has 1 N–H and O–H groups in total. The second-order valence-electron chi connectivity index (χ2n) is 10.1. The molecule has 2 aliphatic carbocycles. The molecule has 0 amide bonds. The minimum Gasteiger partial charge on any atom is -0.303 e. The Kier molecular flexibility index (Phi) is 6.50. The Hall–Kier alpha value is -1.90. The Balaban J connectivity index is 1.38. The van der Waals surface area contributed by atoms with Crippen LogP contribution in [0.25, 0.3) is 0 Å². The molecule has 5 rings (SSSR count). The number of sulfonamides is 1. The molecule has 3 aliphatic rings. The highest BCUT2D eigenvalue weighted by Crippen LogP contribution is 2.42. The summed E-state index contributed by atoms with van der Waals surface area (Å²) in [7, 11) is -3.30. The molecule has 1 saturated heterocycles. The molecule has 184 valence electrons. The van der Waals surface area contributed by atoms with Crippen LogP contribution in [0.1, 0.15) is 59.4 Å². The number of halogens is 3. The van der Waals surface area contributed by atoms with Gasteiger partial charge >= 0.3 is 6.18 Å². The van der Waals surface area contributed by atoms with Crippen LogP contribution in [0.5, 0.6) is 0 Å². The summed E-state index contributed by atoms with van der Waals surface area (Å²) in [6, 6.07) is 11.8. The lowest BCUT2D eigenvalue weighted by molar-refractivity contribution is -0.137. The third-order valence-corrected chi connectivity index (χ3v) is 9.68. The fraction of sp³-hybridized carbons (Fsp3) is 0.538. The molecule has 0 bridgehead atoms. The highest BCUT2D eigenvalue weighted by atomic mass is 32.2. The third kappa shape index (κ3) is 5.04. The van der Waals surface area contributed by atoms with Crippen LogP contribution in [-0.4, -0.2) is 38.2 Å². The van der Waals surface area contributed by atoms with E-state index < -0.39 is 21.8 Å². The number of likely N-dealkylation sites (tertiary alicyclic amines) is 1. The smallest absolute Gasteiger partial charge is 0.303 e. The third-order valence-electron chi connectivity index (χ3n) is 7.78. The van der Waals surface area contributed by atoms with E-state index in [2.05, 4.69) is 21.8 Å². The monoisotopic (exact) mass is 492 g/mol. The van der Waals surface area contributed by atoms with Crippen LogP contribution in [0.15, 0.2) is 42.5 Å². The molecule has 0 radical (unpaired) electrons. The molecule has 2 aromatic carbocycles. The molecular formula is C26H31F3N2O2S. The summed E-state index contributed by atoms with van der Waals surface area (Å²) < 4.78 is 67.5. The molecule has 8 heteroatoms. The van der Waals surface area contributed by atoms with Crippen molar-refractivity contribution < 1.29 is 21.6 Å². The van der Waals surface area contributed by atoms with E-state index in [0.29, 0.717) is 17.9 Å². The van der Waals surface area contributed by atoms with Crippen LogP contribution in [0, 0.1) is 5.92 Å². The van der Waals surface area contributed by atoms with Crippen molar-refractivity contribution in [2.24, 2.45) is 5.92 Å². The lowest BCUT2D eigenvalue weighted by Crippen LogP contribution is -2.41. The number of hydrogen-bond acceptors (Lipinski definition) is 3. The quantitative estimate of drug-likeness (QED) is 0.571. The Morgan fingerprint density at radius 3 is 2.44 bits per heavy atom. The van der Waals surface area contributed by atoms with Crippen molar-refractivity contribution in [3.05, 3.63) is 70.3 Å². The van der Waals surface area contributed by atoms with Gasteiger partial charge in [0.05, 0.1) is 10.8 Å². The number of fused-ring (bicyclic) bond motifs is 1. The summed E-state index contributed by atoms with van der Waals surface area (Å²) >= 11 is 0. The van der Waals surface area contributed by atoms with Crippen molar-refractivity contribution in [1.82, 2.24) is 9.62 Å². The van der Waals surface area contributed by atoms with Gasteiger partial charge < -0.3 is 4.90 Å². The van der Waals surface area contributed by atoms with Gasteiger partial charge in [-0.15, -0.1) is 0 Å². The summed E-state index contributed by atoms with van der Waals surface area (Å²) in [6.45, 7) is 3.36. The first kappa shape index (κ1) is 23.8. The topological polar surface area (TPSA) is 49.4 Å². The summed E-state index contributed by atoms with van der Waals surface area (Å²) in [4.78, 5) is 2.42. The molecule has 1 heterocycles. The Morgan fingerprint density at radius 2 is 1.79 bits per heavy atom. The van der Waals surface area contributed by atoms with E-state index in [-0.39, 0.29) is 17.7 Å². The van der Waals surface area contributed by atoms with Crippen molar-refractivity contribution in [3.63, 3.8) is 0 Å². The van der Waals surface area contributed by atoms with Gasteiger partial charge in [-0.25, -0.2) is 13.1 Å². The summed E-state index contributed by atoms with van der Waals surface area (Å²) in [5, 5.41) is -0.281. The van der Waals surface area contributed by atoms with Crippen molar-refractivity contribution in [1.29, 1.82) is 0 Å². The Morgan fingerprint density at radius 1 is 1.00 bits per heavy atom. The van der Waals surface area contributed by atoms with Crippen molar-refractivity contribution in [2.45, 2.75) is 62.4 Å². The van der Waals surface area contributed by atoms with E-state index in [0.717, 1.165) is 62.5 Å². The lowest BCUT2D eigenvalue weighted by atomic mass is 9.85. The van der Waals surface area contributed by atoms with E-state index in [4.69, 9.17) is 0 Å². The number of alkyl halides is 3. The summed E-state index contributed by atoms with van der Waals surface area (Å²) in [5.74, 6) is 0.453. The van der Waals surface area contributed by atoms with Crippen LogP contribution >= 0.6 is 0 Å². The zero-order valence-corrected chi connectivity index (χ0v) is 20.0. The molecule has 0 spiro atoms. The van der Waals surface area contributed by atoms with E-state index >= 15 is 0 Å². The first-order chi connectivity index (χ1) is 16.2. The van der Waals surface area contributed by atoms with Crippen LogP contribution in [0.2, 0.25) is 0 Å². The van der Waals surface area contributed by atoms with Gasteiger partial charge in [0.15, 0.2) is 0 Å². The number of rotatable bonds is 8. The highest BCUT2D eigenvalue weighted by Gasteiger charge is 2.36. The minimum absolute atomic E-state index is 0.113. The second-order valence-corrected chi connectivity index (χ2v) is 12.1. The van der Waals surface area contributed by atoms with Gasteiger partial charge in [0.1, 0.15) is 0 Å². The van der Waals surface area contributed by atoms with Crippen LogP contribution in [0.3, 0.4) is 0 Å². The summed E-state index contributed by atoms with van der Waals surface area (Å²) in [6.07, 6.45) is 0.693. The van der Waals surface area contributed by atoms with E-state index in [1.165, 1.54) is 24.1 Å². The average molecular weight is 493 g/mol. The van der Waals surface area contributed by atoms with E-state index in [1.807, 2.05) is 6.07 Å². The van der Waals surface area contributed by atoms with Crippen molar-refractivity contribution in [3.8, 4) is 0 Å². The average Bonchev–Trinajstić information content (AvgIpc) is 3.04. The maximum absolute atomic E-state index is 13.3. The minimum atomic E-state index is -4.36. The van der Waals surface area contributed by atoms with E-state index in [1.54, 1.807) is 6.07 Å². The molecule has 2 aromatic rings. The number of benzene rings is 2. The molecule has 1 saturated carbocycles. The van der Waals surface area contributed by atoms with Crippen LogP contribution in [0.4, 0.5) is 13.2 Å². The fourth-order valence-electron chi connectivity index (χ4n) is 5.44. The van der Waals surface area contributed by atoms with Gasteiger partial charge in [-0.1, -0.05) is 42.8 Å². The maximum Gasteiger partial charge on any atom is 0.416 e. The Labute approximate surface area is 199 Å². The number of nitrogens with one attached hydrogen (secondary N) is 1. The molecule has 4 nitrogen and oxygen atoms in total. The molecular weight excluding hydrogens is 461 g/mol. The largest absolute Gasteiger partial charge is 0.416 e. The number of nitrogens with zero attached hydrogens (tertiary/aromatic N) is 1. The molecule has 2 unspecified atom stereocenters. The number of hydrogen-bond donors (Lipinski definition) is 1. The zero-order valence-electron chi connectivity index (χ0n) is 19.2. The molecule has 34 heavy (non-hydrogen) atoms. The second kappa shape index (κ2) is 9.28. The molecule has 2 atom stereocenters. The fourth-order valence-corrected chi connectivity index (χ4v) is 7.00. The van der Waals surface area contributed by atoms with Crippen LogP contribution < -0.4 is 4.72 Å². The van der Waals surface area contributed by atoms with Crippen LogP contribution in [-0.2, 0) is 35.6 Å². The first-order valence-electron chi connectivity index (χ1n) is 12.2. The normalized spacial score (nSPS) is 23.4. The summed E-state index contributed by atoms with van der Waals surface area (Å²) in [5.41, 5.74) is 3.37. The SMILES string of the molecule is O=S(=O)(NCc1ccc2c(c1)C(Cc1cccc(C(F)(F)F)c1)C(CN1CCC1)C2)C1CCC1. The van der Waals surface area contributed by atoms with Gasteiger partial charge in [-0.3, -0.25) is 0 Å². The molecule has 0 aromatic heterocycles. The first-order valence-corrected chi connectivity index (χ1v) is 13.7. The Bertz CT molecular complexity index is 1140. The van der Waals surface area contributed by atoms with Gasteiger partial charge in [-0.2, -0.15) is 13.2 Å². The molecule has 2 fully saturated rings. The predicted octanol–water partition coefficient (Wildman–Crippen LogP) is 4.88. The zero-order chi connectivity index (χ0) is 23.9. The van der Waals surface area contributed by atoms with Gasteiger partial charge in [-0.05, 0) is 85.3 Å². The maximum atomic E-state index is 13.3. The van der Waals surface area contributed by atoms with Crippen molar-refractivity contribution in [2.75, 3.05) is 19.6 Å². The van der Waals surface area contributed by atoms with Crippen molar-refractivity contribution >= 4 is 10.0 Å². The van der Waals surface area contributed by atoms with Gasteiger partial charge in [0.25, 0.3) is 0 Å². The highest BCUT2D eigenvalue weighted by molar-refractivity contribution is 7.90. The standard InChI is InChI=1S/C26H31F3N2O2S/c27-26(28,29)22-5-1-4-18(12-22)13-25-21(17-31-10-3-11-31)15-20-9-8-19(14-24(20)25)16-30-34(32,33)23-6-2-7-23/h1,4-5,8-9,12,14,21,23,25,30H,2-3,6-7,10-11,13,15-17H2. The van der Waals surface area contributed by atoms with E-state index in [9.17, 15) is 21.6 Å². The van der Waals surface area contributed by atoms with Gasteiger partial charge in [0.2, 0.25) is 10.0 Å². The lowest BCUT2D eigenvalue weighted by Gasteiger charge is -2.35.